The number of carbonyl (C=O) groups excluding carboxylic acids is 1. The first-order chi connectivity index (χ1) is 7.20. The molecule has 0 heterocycles. The number of hydrogen-bond donors (Lipinski definition) is 1. The van der Waals surface area contributed by atoms with Gasteiger partial charge in [-0.15, -0.1) is 0 Å². The third-order valence-electron chi connectivity index (χ3n) is 2.56. The fraction of sp³-hybridized carbons (Fsp3) is 0.417. The van der Waals surface area contributed by atoms with Crippen LogP contribution < -0.4 is 10.1 Å². The van der Waals surface area contributed by atoms with Crippen molar-refractivity contribution in [2.45, 2.75) is 19.8 Å². The second-order valence-corrected chi connectivity index (χ2v) is 3.97. The van der Waals surface area contributed by atoms with Gasteiger partial charge < -0.3 is 10.1 Å². The summed E-state index contributed by atoms with van der Waals surface area (Å²) in [7, 11) is 1.61. The normalized spacial score (nSPS) is 14.8. The van der Waals surface area contributed by atoms with Crippen LogP contribution in [0.15, 0.2) is 18.2 Å². The van der Waals surface area contributed by atoms with E-state index in [9.17, 15) is 4.79 Å². The first kappa shape index (κ1) is 10.0. The molecule has 1 aromatic rings. The summed E-state index contributed by atoms with van der Waals surface area (Å²) in [5.41, 5.74) is 1.89. The number of carbonyl (C=O) groups is 1. The molecule has 1 N–H and O–H groups in total. The van der Waals surface area contributed by atoms with Crippen LogP contribution in [0, 0.1) is 12.8 Å². The highest BCUT2D eigenvalue weighted by molar-refractivity contribution is 5.95. The summed E-state index contributed by atoms with van der Waals surface area (Å²) in [6.45, 7) is 2.00. The third kappa shape index (κ3) is 2.29. The van der Waals surface area contributed by atoms with E-state index in [2.05, 4.69) is 5.32 Å². The van der Waals surface area contributed by atoms with Crippen LogP contribution in [0.1, 0.15) is 18.4 Å². The van der Waals surface area contributed by atoms with E-state index in [0.29, 0.717) is 0 Å². The van der Waals surface area contributed by atoms with Crippen LogP contribution in [0.2, 0.25) is 0 Å². The molecule has 15 heavy (non-hydrogen) atoms. The highest BCUT2D eigenvalue weighted by Crippen LogP contribution is 2.32. The molecule has 1 fully saturated rings. The van der Waals surface area contributed by atoms with Crippen molar-refractivity contribution >= 4 is 11.6 Å². The first-order valence-corrected chi connectivity index (χ1v) is 5.16. The van der Waals surface area contributed by atoms with Gasteiger partial charge in [0.15, 0.2) is 0 Å². The van der Waals surface area contributed by atoms with Gasteiger partial charge in [-0.05, 0) is 37.5 Å². The quantitative estimate of drug-likeness (QED) is 0.822. The molecule has 1 saturated carbocycles. The van der Waals surface area contributed by atoms with Crippen molar-refractivity contribution < 1.29 is 9.53 Å². The van der Waals surface area contributed by atoms with Crippen molar-refractivity contribution in [2.24, 2.45) is 5.92 Å². The maximum Gasteiger partial charge on any atom is 0.227 e. The molecule has 80 valence electrons. The number of amides is 1. The molecule has 0 bridgehead atoms. The van der Waals surface area contributed by atoms with Crippen molar-refractivity contribution in [3.05, 3.63) is 23.8 Å². The second kappa shape index (κ2) is 3.93. The lowest BCUT2D eigenvalue weighted by molar-refractivity contribution is -0.117. The van der Waals surface area contributed by atoms with Crippen molar-refractivity contribution in [2.75, 3.05) is 12.4 Å². The number of benzene rings is 1. The Bertz CT molecular complexity index is 383. The van der Waals surface area contributed by atoms with Gasteiger partial charge in [0.25, 0.3) is 0 Å². The van der Waals surface area contributed by atoms with Crippen molar-refractivity contribution in [3.8, 4) is 5.75 Å². The molecule has 1 amide bonds. The molecular weight excluding hydrogens is 190 g/mol. The van der Waals surface area contributed by atoms with Gasteiger partial charge >= 0.3 is 0 Å². The number of ether oxygens (including phenoxy) is 1. The molecule has 0 unspecified atom stereocenters. The highest BCUT2D eigenvalue weighted by atomic mass is 16.5. The Balaban J connectivity index is 2.15. The molecule has 0 radical (unpaired) electrons. The van der Waals surface area contributed by atoms with E-state index in [-0.39, 0.29) is 11.8 Å². The van der Waals surface area contributed by atoms with E-state index in [1.165, 1.54) is 0 Å². The zero-order valence-electron chi connectivity index (χ0n) is 9.04. The number of hydrogen-bond acceptors (Lipinski definition) is 2. The van der Waals surface area contributed by atoms with E-state index in [1.54, 1.807) is 7.11 Å². The lowest BCUT2D eigenvalue weighted by Gasteiger charge is -2.10. The van der Waals surface area contributed by atoms with Crippen LogP contribution in [0.3, 0.4) is 0 Å². The lowest BCUT2D eigenvalue weighted by atomic mass is 10.2. The molecule has 0 aliphatic heterocycles. The fourth-order valence-electron chi connectivity index (χ4n) is 1.48. The maximum atomic E-state index is 11.6. The van der Waals surface area contributed by atoms with Gasteiger partial charge in [0.2, 0.25) is 5.91 Å². The highest BCUT2D eigenvalue weighted by Gasteiger charge is 2.29. The Morgan fingerprint density at radius 1 is 1.47 bits per heavy atom. The number of nitrogens with one attached hydrogen (secondary N) is 1. The van der Waals surface area contributed by atoms with Crippen molar-refractivity contribution in [3.63, 3.8) is 0 Å². The summed E-state index contributed by atoms with van der Waals surface area (Å²) < 4.78 is 5.21. The summed E-state index contributed by atoms with van der Waals surface area (Å²) in [6.07, 6.45) is 2.03. The Hall–Kier alpha value is -1.51. The molecule has 1 aromatic carbocycles. The number of rotatable bonds is 3. The molecule has 3 nitrogen and oxygen atoms in total. The van der Waals surface area contributed by atoms with Crippen molar-refractivity contribution in [1.29, 1.82) is 0 Å². The van der Waals surface area contributed by atoms with E-state index in [0.717, 1.165) is 29.8 Å². The van der Waals surface area contributed by atoms with Gasteiger partial charge in [-0.3, -0.25) is 4.79 Å². The average molecular weight is 205 g/mol. The zero-order valence-corrected chi connectivity index (χ0v) is 9.04. The lowest BCUT2D eigenvalue weighted by Crippen LogP contribution is -2.13. The van der Waals surface area contributed by atoms with Crippen molar-refractivity contribution in [1.82, 2.24) is 0 Å². The summed E-state index contributed by atoms with van der Waals surface area (Å²) in [5.74, 6) is 1.05. The van der Waals surface area contributed by atoms with Crippen LogP contribution in [0.4, 0.5) is 5.69 Å². The van der Waals surface area contributed by atoms with E-state index >= 15 is 0 Å². The summed E-state index contributed by atoms with van der Waals surface area (Å²) >= 11 is 0. The summed E-state index contributed by atoms with van der Waals surface area (Å²) in [4.78, 5) is 11.6. The molecule has 0 saturated heterocycles. The predicted octanol–water partition coefficient (Wildman–Crippen LogP) is 2.35. The van der Waals surface area contributed by atoms with Gasteiger partial charge in [0, 0.05) is 5.92 Å². The molecule has 3 heteroatoms. The topological polar surface area (TPSA) is 38.3 Å². The maximum absolute atomic E-state index is 11.6. The third-order valence-corrected chi connectivity index (χ3v) is 2.56. The Labute approximate surface area is 89.4 Å². The van der Waals surface area contributed by atoms with E-state index in [4.69, 9.17) is 4.74 Å². The number of anilines is 1. The predicted molar refractivity (Wildman–Crippen MR) is 59.1 cm³/mol. The zero-order chi connectivity index (χ0) is 10.8. The minimum Gasteiger partial charge on any atom is -0.495 e. The van der Waals surface area contributed by atoms with Crippen LogP contribution >= 0.6 is 0 Å². The van der Waals surface area contributed by atoms with Crippen LogP contribution in [-0.4, -0.2) is 13.0 Å². The van der Waals surface area contributed by atoms with Crippen LogP contribution in [0.25, 0.3) is 0 Å². The monoisotopic (exact) mass is 205 g/mol. The largest absolute Gasteiger partial charge is 0.495 e. The molecule has 2 rings (SSSR count). The molecule has 1 aliphatic rings. The van der Waals surface area contributed by atoms with Gasteiger partial charge in [-0.2, -0.15) is 0 Å². The van der Waals surface area contributed by atoms with Gasteiger partial charge in [-0.1, -0.05) is 6.07 Å². The molecule has 0 spiro atoms. The molecule has 1 aliphatic carbocycles. The Morgan fingerprint density at radius 2 is 2.20 bits per heavy atom. The van der Waals surface area contributed by atoms with E-state index in [1.807, 2.05) is 25.1 Å². The smallest absolute Gasteiger partial charge is 0.227 e. The average Bonchev–Trinajstić information content (AvgIpc) is 3.04. The molecule has 0 atom stereocenters. The second-order valence-electron chi connectivity index (χ2n) is 3.97. The minimum atomic E-state index is 0.108. The molecule has 0 aromatic heterocycles. The summed E-state index contributed by atoms with van der Waals surface area (Å²) in [6, 6.07) is 5.77. The Kier molecular flexibility index (Phi) is 2.62. The standard InChI is InChI=1S/C12H15NO2/c1-8-3-6-10(11(7-8)15-2)13-12(14)9-4-5-9/h3,6-7,9H,4-5H2,1-2H3,(H,13,14). The van der Waals surface area contributed by atoms with Crippen LogP contribution in [0.5, 0.6) is 5.75 Å². The van der Waals surface area contributed by atoms with Crippen LogP contribution in [-0.2, 0) is 4.79 Å². The first-order valence-electron chi connectivity index (χ1n) is 5.16. The van der Waals surface area contributed by atoms with E-state index < -0.39 is 0 Å². The molecular formula is C12H15NO2. The number of aryl methyl sites for hydroxylation is 1. The van der Waals surface area contributed by atoms with Gasteiger partial charge in [-0.25, -0.2) is 0 Å². The number of methoxy groups -OCH3 is 1. The Morgan fingerprint density at radius 3 is 2.80 bits per heavy atom. The SMILES string of the molecule is COc1cc(C)ccc1NC(=O)C1CC1. The fourth-order valence-corrected chi connectivity index (χ4v) is 1.48. The summed E-state index contributed by atoms with van der Waals surface area (Å²) in [5, 5.41) is 2.89. The minimum absolute atomic E-state index is 0.108. The van der Waals surface area contributed by atoms with Gasteiger partial charge in [0.05, 0.1) is 12.8 Å². The van der Waals surface area contributed by atoms with Gasteiger partial charge in [0.1, 0.15) is 5.75 Å².